The highest BCUT2D eigenvalue weighted by atomic mass is 35.5. The van der Waals surface area contributed by atoms with Gasteiger partial charge in [-0.25, -0.2) is 9.78 Å². The number of esters is 1. The molecule has 11 heteroatoms. The number of hydrogen-bond acceptors (Lipinski definition) is 9. The van der Waals surface area contributed by atoms with Crippen LogP contribution in [0.3, 0.4) is 0 Å². The summed E-state index contributed by atoms with van der Waals surface area (Å²) in [7, 11) is 0. The Hall–Kier alpha value is -3.03. The fourth-order valence-electron chi connectivity index (χ4n) is 10.1. The maximum Gasteiger partial charge on any atom is 0.508 e. The van der Waals surface area contributed by atoms with Gasteiger partial charge in [-0.1, -0.05) is 5.92 Å². The SMILES string of the molecule is C#C[C@]1(COC(=O)CC23CC(C2)C3)O[C@@H](n2ccc3c(N)nc(Cl)nc32)C[C@@H]1OC(=O)OCCC12CC3CC(CC(C3)C1)C2. The normalized spacial score (nSPS) is 39.4. The zero-order valence-electron chi connectivity index (χ0n) is 24.8. The van der Waals surface area contributed by atoms with Crippen molar-refractivity contribution in [2.24, 2.45) is 34.5 Å². The third-order valence-corrected chi connectivity index (χ3v) is 12.0. The second-order valence-electron chi connectivity index (χ2n) is 14.9. The van der Waals surface area contributed by atoms with Gasteiger partial charge in [0.2, 0.25) is 10.9 Å². The van der Waals surface area contributed by atoms with Crippen LogP contribution < -0.4 is 5.73 Å². The molecule has 0 spiro atoms. The summed E-state index contributed by atoms with van der Waals surface area (Å²) in [6.45, 7) is 0.0562. The summed E-state index contributed by atoms with van der Waals surface area (Å²) in [6.07, 6.45) is 17.9. The second kappa shape index (κ2) is 10.2. The number of carbonyl (C=O) groups excluding carboxylic acids is 2. The van der Waals surface area contributed by atoms with Gasteiger partial charge in [-0.3, -0.25) is 4.79 Å². The van der Waals surface area contributed by atoms with E-state index in [1.807, 2.05) is 0 Å². The van der Waals surface area contributed by atoms with E-state index in [9.17, 15) is 9.59 Å². The molecule has 10 nitrogen and oxygen atoms in total. The zero-order chi connectivity index (χ0) is 30.3. The van der Waals surface area contributed by atoms with Gasteiger partial charge >= 0.3 is 12.1 Å². The molecule has 0 aromatic carbocycles. The topological polar surface area (TPSA) is 128 Å². The highest BCUT2D eigenvalue weighted by Crippen LogP contribution is 2.66. The molecule has 7 saturated carbocycles. The summed E-state index contributed by atoms with van der Waals surface area (Å²) in [5.41, 5.74) is 5.38. The van der Waals surface area contributed by atoms with Crippen molar-refractivity contribution in [1.29, 1.82) is 0 Å². The molecule has 7 aliphatic carbocycles. The number of nitrogen functional groups attached to an aromatic ring is 1. The fourth-order valence-corrected chi connectivity index (χ4v) is 10.3. The number of terminal acetylenes is 1. The van der Waals surface area contributed by atoms with Gasteiger partial charge in [0.05, 0.1) is 18.4 Å². The Morgan fingerprint density at radius 3 is 2.34 bits per heavy atom. The van der Waals surface area contributed by atoms with Crippen molar-refractivity contribution in [2.45, 2.75) is 95.0 Å². The number of hydrogen-bond donors (Lipinski definition) is 1. The number of anilines is 1. The van der Waals surface area contributed by atoms with Crippen LogP contribution in [0.2, 0.25) is 5.28 Å². The number of halogens is 1. The summed E-state index contributed by atoms with van der Waals surface area (Å²) in [6, 6.07) is 1.76. The lowest BCUT2D eigenvalue weighted by Gasteiger charge is -2.61. The number of nitrogens with two attached hydrogens (primary N) is 1. The van der Waals surface area contributed by atoms with Crippen molar-refractivity contribution in [3.8, 4) is 12.3 Å². The van der Waals surface area contributed by atoms with Crippen LogP contribution in [-0.4, -0.2) is 51.6 Å². The summed E-state index contributed by atoms with van der Waals surface area (Å²) >= 11 is 6.11. The van der Waals surface area contributed by atoms with Gasteiger partial charge in [0.25, 0.3) is 0 Å². The molecule has 8 aliphatic rings. The number of nitrogens with zero attached hydrogens (tertiary/aromatic N) is 3. The Balaban J connectivity index is 0.967. The standard InChI is InChI=1S/C33H39ClN4O6/c1-2-33(18-42-26(39)17-32-14-22(15-32)16-32)24(10-25(44-33)38-5-3-23-27(35)36-29(34)37-28(23)38)43-30(40)41-6-4-31-11-19-7-20(12-31)9-21(8-19)13-31/h1,3,5,19-22,24-25H,4,6-18H2,(H2,35,36,37)/t19?,20?,21?,22?,24-,25+,31?,32?,33+/m0/s1. The van der Waals surface area contributed by atoms with E-state index in [0.717, 1.165) is 49.4 Å². The molecule has 2 aromatic heterocycles. The average Bonchev–Trinajstić information content (AvgIpc) is 3.50. The average molecular weight is 623 g/mol. The Labute approximate surface area is 261 Å². The highest BCUT2D eigenvalue weighted by Gasteiger charge is 2.58. The minimum Gasteiger partial charge on any atom is -0.461 e. The number of aromatic nitrogens is 3. The van der Waals surface area contributed by atoms with Crippen LogP contribution in [0.15, 0.2) is 12.3 Å². The van der Waals surface area contributed by atoms with Crippen LogP contribution in [-0.2, 0) is 23.7 Å². The lowest BCUT2D eigenvalue weighted by molar-refractivity contribution is -0.173. The first-order chi connectivity index (χ1) is 21.1. The quantitative estimate of drug-likeness (QED) is 0.209. The molecule has 1 aliphatic heterocycles. The first kappa shape index (κ1) is 28.4. The molecule has 0 unspecified atom stereocenters. The van der Waals surface area contributed by atoms with Crippen LogP contribution >= 0.6 is 11.6 Å². The van der Waals surface area contributed by atoms with E-state index in [1.165, 1.54) is 38.5 Å². The summed E-state index contributed by atoms with van der Waals surface area (Å²) in [5, 5.41) is 0.594. The monoisotopic (exact) mass is 622 g/mol. The van der Waals surface area contributed by atoms with Crippen molar-refractivity contribution in [3.63, 3.8) is 0 Å². The molecule has 44 heavy (non-hydrogen) atoms. The van der Waals surface area contributed by atoms with Crippen LogP contribution in [0.4, 0.5) is 10.6 Å². The van der Waals surface area contributed by atoms with E-state index in [1.54, 1.807) is 16.8 Å². The molecule has 0 radical (unpaired) electrons. The zero-order valence-corrected chi connectivity index (χ0v) is 25.6. The molecule has 1 saturated heterocycles. The number of rotatable bonds is 9. The van der Waals surface area contributed by atoms with Crippen molar-refractivity contribution in [2.75, 3.05) is 18.9 Å². The van der Waals surface area contributed by atoms with Crippen molar-refractivity contribution in [1.82, 2.24) is 14.5 Å². The minimum absolute atomic E-state index is 0.00547. The van der Waals surface area contributed by atoms with Gasteiger partial charge in [0.1, 0.15) is 24.3 Å². The van der Waals surface area contributed by atoms with E-state index in [-0.39, 0.29) is 40.9 Å². The Bertz CT molecular complexity index is 1500. The Morgan fingerprint density at radius 1 is 1.02 bits per heavy atom. The molecular formula is C33H39ClN4O6. The molecule has 10 rings (SSSR count). The molecular weight excluding hydrogens is 584 g/mol. The summed E-state index contributed by atoms with van der Waals surface area (Å²) < 4.78 is 25.4. The van der Waals surface area contributed by atoms with Gasteiger partial charge < -0.3 is 29.2 Å². The van der Waals surface area contributed by atoms with Gasteiger partial charge in [0, 0.05) is 12.6 Å². The van der Waals surface area contributed by atoms with Crippen LogP contribution in [0, 0.1) is 46.8 Å². The first-order valence-electron chi connectivity index (χ1n) is 16.1. The maximum atomic E-state index is 13.1. The lowest BCUT2D eigenvalue weighted by atomic mass is 9.43. The van der Waals surface area contributed by atoms with E-state index in [2.05, 4.69) is 15.9 Å². The minimum atomic E-state index is -1.52. The van der Waals surface area contributed by atoms with Crippen LogP contribution in [0.25, 0.3) is 11.0 Å². The van der Waals surface area contributed by atoms with Crippen LogP contribution in [0.5, 0.6) is 0 Å². The second-order valence-corrected chi connectivity index (χ2v) is 15.2. The summed E-state index contributed by atoms with van der Waals surface area (Å²) in [5.74, 6) is 5.83. The molecule has 234 valence electrons. The van der Waals surface area contributed by atoms with Gasteiger partial charge in [-0.2, -0.15) is 4.98 Å². The van der Waals surface area contributed by atoms with Crippen molar-refractivity contribution < 1.29 is 28.5 Å². The molecule has 8 fully saturated rings. The van der Waals surface area contributed by atoms with Gasteiger partial charge in [-0.05, 0) is 116 Å². The highest BCUT2D eigenvalue weighted by molar-refractivity contribution is 6.28. The molecule has 6 bridgehead atoms. The Morgan fingerprint density at radius 2 is 1.70 bits per heavy atom. The van der Waals surface area contributed by atoms with E-state index in [4.69, 9.17) is 42.7 Å². The molecule has 0 amide bonds. The molecule has 3 heterocycles. The fraction of sp³-hybridized carbons (Fsp3) is 0.697. The van der Waals surface area contributed by atoms with E-state index >= 15 is 0 Å². The number of carbonyl (C=O) groups is 2. The predicted octanol–water partition coefficient (Wildman–Crippen LogP) is 5.82. The van der Waals surface area contributed by atoms with E-state index in [0.29, 0.717) is 24.1 Å². The first-order valence-corrected chi connectivity index (χ1v) is 16.5. The molecule has 3 atom stereocenters. The maximum absolute atomic E-state index is 13.1. The van der Waals surface area contributed by atoms with Gasteiger partial charge in [0.15, 0.2) is 6.10 Å². The van der Waals surface area contributed by atoms with Crippen LogP contribution in [0.1, 0.15) is 83.3 Å². The predicted molar refractivity (Wildman–Crippen MR) is 160 cm³/mol. The third-order valence-electron chi connectivity index (χ3n) is 11.8. The molecule has 2 N–H and O–H groups in total. The number of fused-ring (bicyclic) bond motifs is 1. The number of ether oxygens (including phenoxy) is 4. The lowest BCUT2D eigenvalue weighted by Crippen LogP contribution is -2.53. The largest absolute Gasteiger partial charge is 0.508 e. The smallest absolute Gasteiger partial charge is 0.461 e. The Kier molecular flexibility index (Phi) is 6.62. The van der Waals surface area contributed by atoms with Crippen molar-refractivity contribution in [3.05, 3.63) is 17.5 Å². The van der Waals surface area contributed by atoms with E-state index < -0.39 is 24.1 Å². The summed E-state index contributed by atoms with van der Waals surface area (Å²) in [4.78, 5) is 34.3. The van der Waals surface area contributed by atoms with Crippen molar-refractivity contribution >= 4 is 40.6 Å². The third kappa shape index (κ3) is 4.82. The van der Waals surface area contributed by atoms with Gasteiger partial charge in [-0.15, -0.1) is 6.42 Å². The molecule has 2 aromatic rings.